The minimum absolute atomic E-state index is 0.0554. The molecule has 1 aliphatic heterocycles. The molecule has 1 heterocycles. The van der Waals surface area contributed by atoms with Gasteiger partial charge >= 0.3 is 0 Å². The molecule has 1 nitrogen and oxygen atoms in total. The molecule has 120 valence electrons. The zero-order valence-electron chi connectivity index (χ0n) is 14.8. The standard InChI is InChI=1S/C20H34O/c1-7-18(4)13-9-16-19(5)12-8-11-17(2,3)15(19)10-14-20(16,6)21-18/h7,15-16H,1,8-14H2,2-6H3/t15?,16?,18-,19+,20-/m0/s1. The van der Waals surface area contributed by atoms with E-state index in [0.717, 1.165) is 18.3 Å². The van der Waals surface area contributed by atoms with Gasteiger partial charge in [0.25, 0.3) is 0 Å². The lowest BCUT2D eigenvalue weighted by molar-refractivity contribution is -0.252. The highest BCUT2D eigenvalue weighted by atomic mass is 16.5. The number of rotatable bonds is 1. The Labute approximate surface area is 131 Å². The van der Waals surface area contributed by atoms with Gasteiger partial charge in [0.2, 0.25) is 0 Å². The quantitative estimate of drug-likeness (QED) is 0.559. The number of ether oxygens (including phenoxy) is 1. The second-order valence-electron chi connectivity index (χ2n) is 9.46. The van der Waals surface area contributed by atoms with E-state index in [1.165, 1.54) is 38.5 Å². The van der Waals surface area contributed by atoms with Crippen molar-refractivity contribution in [2.24, 2.45) is 22.7 Å². The molecule has 5 atom stereocenters. The molecular formula is C20H34O. The minimum atomic E-state index is -0.112. The molecular weight excluding hydrogens is 256 g/mol. The molecule has 3 rings (SSSR count). The predicted octanol–water partition coefficient (Wildman–Crippen LogP) is 5.74. The maximum absolute atomic E-state index is 6.68. The second-order valence-corrected chi connectivity index (χ2v) is 9.46. The first-order valence-corrected chi connectivity index (χ1v) is 8.99. The Kier molecular flexibility index (Phi) is 3.41. The van der Waals surface area contributed by atoms with E-state index in [1.54, 1.807) is 0 Å². The third kappa shape index (κ3) is 2.22. The molecule has 21 heavy (non-hydrogen) atoms. The van der Waals surface area contributed by atoms with E-state index < -0.39 is 0 Å². The first-order valence-electron chi connectivity index (χ1n) is 8.99. The van der Waals surface area contributed by atoms with Gasteiger partial charge in [-0.25, -0.2) is 0 Å². The maximum atomic E-state index is 6.68. The van der Waals surface area contributed by atoms with Crippen LogP contribution in [0.4, 0.5) is 0 Å². The molecule has 3 aliphatic rings. The van der Waals surface area contributed by atoms with Crippen molar-refractivity contribution in [2.45, 2.75) is 90.8 Å². The van der Waals surface area contributed by atoms with Crippen LogP contribution in [-0.4, -0.2) is 11.2 Å². The van der Waals surface area contributed by atoms with E-state index in [-0.39, 0.29) is 11.2 Å². The summed E-state index contributed by atoms with van der Waals surface area (Å²) < 4.78 is 6.68. The average molecular weight is 290 g/mol. The van der Waals surface area contributed by atoms with Gasteiger partial charge in [-0.1, -0.05) is 33.3 Å². The highest BCUT2D eigenvalue weighted by molar-refractivity contribution is 5.12. The molecule has 0 bridgehead atoms. The normalized spacial score (nSPS) is 52.6. The van der Waals surface area contributed by atoms with Crippen LogP contribution in [0.5, 0.6) is 0 Å². The first kappa shape index (κ1) is 15.6. The summed E-state index contributed by atoms with van der Waals surface area (Å²) in [4.78, 5) is 0. The van der Waals surface area contributed by atoms with Crippen molar-refractivity contribution < 1.29 is 4.74 Å². The van der Waals surface area contributed by atoms with Gasteiger partial charge in [0, 0.05) is 0 Å². The molecule has 0 N–H and O–H groups in total. The molecule has 3 fully saturated rings. The Bertz CT molecular complexity index is 439. The summed E-state index contributed by atoms with van der Waals surface area (Å²) in [6.45, 7) is 16.2. The largest absolute Gasteiger partial charge is 0.365 e. The Morgan fingerprint density at radius 2 is 1.57 bits per heavy atom. The summed E-state index contributed by atoms with van der Waals surface area (Å²) in [5.41, 5.74) is 0.920. The maximum Gasteiger partial charge on any atom is 0.0839 e. The third-order valence-corrected chi connectivity index (χ3v) is 7.57. The van der Waals surface area contributed by atoms with Crippen molar-refractivity contribution in [2.75, 3.05) is 0 Å². The van der Waals surface area contributed by atoms with Crippen LogP contribution < -0.4 is 0 Å². The van der Waals surface area contributed by atoms with Crippen molar-refractivity contribution in [3.05, 3.63) is 12.7 Å². The second kappa shape index (κ2) is 4.60. The van der Waals surface area contributed by atoms with E-state index in [0.29, 0.717) is 10.8 Å². The Morgan fingerprint density at radius 3 is 2.24 bits per heavy atom. The fraction of sp³-hybridized carbons (Fsp3) is 0.900. The molecule has 0 aromatic rings. The molecule has 2 unspecified atom stereocenters. The summed E-state index contributed by atoms with van der Waals surface area (Å²) in [5, 5.41) is 0. The number of hydrogen-bond donors (Lipinski definition) is 0. The lowest BCUT2D eigenvalue weighted by Crippen LogP contribution is -2.62. The fourth-order valence-corrected chi connectivity index (χ4v) is 6.52. The highest BCUT2D eigenvalue weighted by Crippen LogP contribution is 2.65. The number of hydrogen-bond acceptors (Lipinski definition) is 1. The van der Waals surface area contributed by atoms with Gasteiger partial charge in [0.1, 0.15) is 0 Å². The fourth-order valence-electron chi connectivity index (χ4n) is 6.52. The Balaban J connectivity index is 1.94. The summed E-state index contributed by atoms with van der Waals surface area (Å²) in [5.74, 6) is 1.59. The SMILES string of the molecule is C=C[C@@]1(C)CCC2[C@]3(C)CCCC(C)(C)C3CC[C@]2(C)O1. The van der Waals surface area contributed by atoms with Crippen LogP contribution in [-0.2, 0) is 4.74 Å². The highest BCUT2D eigenvalue weighted by Gasteiger charge is 2.61. The Morgan fingerprint density at radius 1 is 0.905 bits per heavy atom. The molecule has 0 aromatic carbocycles. The van der Waals surface area contributed by atoms with E-state index in [9.17, 15) is 0 Å². The summed E-state index contributed by atoms with van der Waals surface area (Å²) >= 11 is 0. The molecule has 1 heteroatoms. The van der Waals surface area contributed by atoms with Gasteiger partial charge in [-0.05, 0) is 75.0 Å². The summed E-state index contributed by atoms with van der Waals surface area (Å²) in [6.07, 6.45) is 11.2. The van der Waals surface area contributed by atoms with Crippen LogP contribution in [0.15, 0.2) is 12.7 Å². The first-order chi connectivity index (χ1) is 9.65. The van der Waals surface area contributed by atoms with Gasteiger partial charge in [0.05, 0.1) is 11.2 Å². The van der Waals surface area contributed by atoms with Crippen molar-refractivity contribution in [3.63, 3.8) is 0 Å². The van der Waals surface area contributed by atoms with Crippen LogP contribution in [0.2, 0.25) is 0 Å². The van der Waals surface area contributed by atoms with Gasteiger partial charge in [0.15, 0.2) is 0 Å². The minimum Gasteiger partial charge on any atom is -0.365 e. The third-order valence-electron chi connectivity index (χ3n) is 7.57. The van der Waals surface area contributed by atoms with Crippen LogP contribution >= 0.6 is 0 Å². The topological polar surface area (TPSA) is 9.23 Å². The predicted molar refractivity (Wildman–Crippen MR) is 89.3 cm³/mol. The molecule has 0 aromatic heterocycles. The van der Waals surface area contributed by atoms with Gasteiger partial charge in [-0.3, -0.25) is 0 Å². The Hall–Kier alpha value is -0.300. The lowest BCUT2D eigenvalue weighted by atomic mass is 9.44. The van der Waals surface area contributed by atoms with Crippen LogP contribution in [0.1, 0.15) is 79.6 Å². The van der Waals surface area contributed by atoms with Crippen molar-refractivity contribution in [3.8, 4) is 0 Å². The van der Waals surface area contributed by atoms with Gasteiger partial charge in [-0.2, -0.15) is 0 Å². The van der Waals surface area contributed by atoms with E-state index in [2.05, 4.69) is 41.2 Å². The molecule has 1 saturated heterocycles. The van der Waals surface area contributed by atoms with Crippen molar-refractivity contribution in [1.82, 2.24) is 0 Å². The smallest absolute Gasteiger partial charge is 0.0839 e. The van der Waals surface area contributed by atoms with Crippen molar-refractivity contribution in [1.29, 1.82) is 0 Å². The monoisotopic (exact) mass is 290 g/mol. The zero-order chi connectivity index (χ0) is 15.5. The number of fused-ring (bicyclic) bond motifs is 3. The van der Waals surface area contributed by atoms with Crippen LogP contribution in [0.25, 0.3) is 0 Å². The average Bonchev–Trinajstić information content (AvgIpc) is 2.36. The molecule has 2 saturated carbocycles. The van der Waals surface area contributed by atoms with E-state index in [1.807, 2.05) is 6.08 Å². The van der Waals surface area contributed by atoms with E-state index >= 15 is 0 Å². The molecule has 0 spiro atoms. The van der Waals surface area contributed by atoms with Crippen molar-refractivity contribution >= 4 is 0 Å². The summed E-state index contributed by atoms with van der Waals surface area (Å²) in [7, 11) is 0. The van der Waals surface area contributed by atoms with Gasteiger partial charge < -0.3 is 4.74 Å². The molecule has 0 amide bonds. The van der Waals surface area contributed by atoms with Crippen LogP contribution in [0.3, 0.4) is 0 Å². The van der Waals surface area contributed by atoms with E-state index in [4.69, 9.17) is 4.74 Å². The van der Waals surface area contributed by atoms with Crippen LogP contribution in [0, 0.1) is 22.7 Å². The lowest BCUT2D eigenvalue weighted by Gasteiger charge is -2.65. The molecule has 2 aliphatic carbocycles. The summed E-state index contributed by atoms with van der Waals surface area (Å²) in [6, 6.07) is 0. The molecule has 0 radical (unpaired) electrons. The zero-order valence-corrected chi connectivity index (χ0v) is 14.8. The van der Waals surface area contributed by atoms with Gasteiger partial charge in [-0.15, -0.1) is 6.58 Å².